The predicted octanol–water partition coefficient (Wildman–Crippen LogP) is 2.67. The van der Waals surface area contributed by atoms with Crippen LogP contribution in [0.25, 0.3) is 0 Å². The molecule has 2 atom stereocenters. The fourth-order valence-electron chi connectivity index (χ4n) is 1.92. The molecule has 0 bridgehead atoms. The highest BCUT2D eigenvalue weighted by Crippen LogP contribution is 2.17. The van der Waals surface area contributed by atoms with E-state index in [1.54, 1.807) is 0 Å². The van der Waals surface area contributed by atoms with Crippen molar-refractivity contribution in [1.82, 2.24) is 0 Å². The number of ether oxygens (including phenoxy) is 1. The second kappa shape index (κ2) is 5.83. The summed E-state index contributed by atoms with van der Waals surface area (Å²) in [6, 6.07) is 10.1. The maximum atomic E-state index is 9.63. The number of aliphatic hydroxyl groups excluding tert-OH is 1. The fourth-order valence-corrected chi connectivity index (χ4v) is 1.92. The van der Waals surface area contributed by atoms with E-state index in [9.17, 15) is 5.11 Å². The van der Waals surface area contributed by atoms with Crippen LogP contribution in [0.3, 0.4) is 0 Å². The molecule has 0 saturated carbocycles. The first kappa shape index (κ1) is 11.4. The van der Waals surface area contributed by atoms with Crippen LogP contribution in [-0.2, 0) is 11.3 Å². The van der Waals surface area contributed by atoms with E-state index in [1.807, 2.05) is 24.3 Å². The van der Waals surface area contributed by atoms with Crippen LogP contribution in [0.15, 0.2) is 42.5 Å². The smallest absolute Gasteiger partial charge is 0.0720 e. The summed E-state index contributed by atoms with van der Waals surface area (Å²) in [5.74, 6) is 0. The van der Waals surface area contributed by atoms with E-state index in [1.165, 1.54) is 5.56 Å². The Hall–Kier alpha value is -1.12. The van der Waals surface area contributed by atoms with Gasteiger partial charge in [0.1, 0.15) is 0 Å². The Morgan fingerprint density at radius 1 is 1.12 bits per heavy atom. The van der Waals surface area contributed by atoms with Crippen LogP contribution < -0.4 is 0 Å². The van der Waals surface area contributed by atoms with Crippen molar-refractivity contribution in [2.45, 2.75) is 38.1 Å². The van der Waals surface area contributed by atoms with Crippen LogP contribution in [0, 0.1) is 0 Å². The van der Waals surface area contributed by atoms with Gasteiger partial charge in [-0.25, -0.2) is 0 Å². The van der Waals surface area contributed by atoms with Gasteiger partial charge in [0.15, 0.2) is 0 Å². The van der Waals surface area contributed by atoms with E-state index in [4.69, 9.17) is 4.74 Å². The molecule has 1 aromatic rings. The zero-order chi connectivity index (χ0) is 11.2. The maximum absolute atomic E-state index is 9.63. The monoisotopic (exact) mass is 218 g/mol. The van der Waals surface area contributed by atoms with E-state index >= 15 is 0 Å². The molecule has 2 nitrogen and oxygen atoms in total. The summed E-state index contributed by atoms with van der Waals surface area (Å²) in [7, 11) is 0. The highest BCUT2D eigenvalue weighted by Gasteiger charge is 2.15. The summed E-state index contributed by atoms with van der Waals surface area (Å²) in [6.07, 6.45) is 6.44. The highest BCUT2D eigenvalue weighted by atomic mass is 16.5. The molecule has 0 fully saturated rings. The van der Waals surface area contributed by atoms with Gasteiger partial charge < -0.3 is 9.84 Å². The van der Waals surface area contributed by atoms with E-state index in [2.05, 4.69) is 18.2 Å². The highest BCUT2D eigenvalue weighted by molar-refractivity contribution is 5.13. The number of hydrogen-bond acceptors (Lipinski definition) is 2. The van der Waals surface area contributed by atoms with E-state index in [-0.39, 0.29) is 12.2 Å². The molecule has 0 unspecified atom stereocenters. The Morgan fingerprint density at radius 2 is 1.88 bits per heavy atom. The van der Waals surface area contributed by atoms with Gasteiger partial charge in [0.2, 0.25) is 0 Å². The molecular weight excluding hydrogens is 200 g/mol. The summed E-state index contributed by atoms with van der Waals surface area (Å²) in [5, 5.41) is 9.63. The van der Waals surface area contributed by atoms with E-state index in [0.29, 0.717) is 6.61 Å². The van der Waals surface area contributed by atoms with E-state index < -0.39 is 0 Å². The summed E-state index contributed by atoms with van der Waals surface area (Å²) in [4.78, 5) is 0. The van der Waals surface area contributed by atoms with Crippen molar-refractivity contribution >= 4 is 0 Å². The molecular formula is C14H18O2. The lowest BCUT2D eigenvalue weighted by Crippen LogP contribution is -2.18. The van der Waals surface area contributed by atoms with Gasteiger partial charge in [-0.15, -0.1) is 0 Å². The van der Waals surface area contributed by atoms with Crippen LogP contribution in [0.5, 0.6) is 0 Å². The molecule has 0 aliphatic heterocycles. The Bertz CT molecular complexity index is 332. The van der Waals surface area contributed by atoms with Crippen molar-refractivity contribution in [3.8, 4) is 0 Å². The summed E-state index contributed by atoms with van der Waals surface area (Å²) in [6.45, 7) is 0.631. The predicted molar refractivity (Wildman–Crippen MR) is 64.0 cm³/mol. The van der Waals surface area contributed by atoms with Gasteiger partial charge in [-0.05, 0) is 18.4 Å². The molecule has 0 aromatic heterocycles. The standard InChI is InChI=1S/C14H18O2/c15-13-8-4-5-9-14(10-13)16-11-12-6-2-1-3-7-12/h1-7,13-15H,8-11H2/t13-,14+/m0/s1. The Labute approximate surface area is 96.6 Å². The molecule has 0 saturated heterocycles. The first-order valence-corrected chi connectivity index (χ1v) is 5.83. The Balaban J connectivity index is 1.83. The van der Waals surface area contributed by atoms with Gasteiger partial charge in [-0.1, -0.05) is 42.5 Å². The SMILES string of the molecule is O[C@H]1CC=CC[C@@H](OCc2ccccc2)C1. The lowest BCUT2D eigenvalue weighted by molar-refractivity contribution is 0.00905. The van der Waals surface area contributed by atoms with Gasteiger partial charge >= 0.3 is 0 Å². The minimum atomic E-state index is -0.250. The number of rotatable bonds is 3. The zero-order valence-corrected chi connectivity index (χ0v) is 9.38. The summed E-state index contributed by atoms with van der Waals surface area (Å²) in [5.41, 5.74) is 1.19. The average molecular weight is 218 g/mol. The van der Waals surface area contributed by atoms with Crippen LogP contribution >= 0.6 is 0 Å². The lowest BCUT2D eigenvalue weighted by Gasteiger charge is -2.17. The normalized spacial score (nSPS) is 25.3. The van der Waals surface area contributed by atoms with Crippen molar-refractivity contribution in [2.24, 2.45) is 0 Å². The maximum Gasteiger partial charge on any atom is 0.0720 e. The number of aliphatic hydroxyl groups is 1. The molecule has 0 heterocycles. The van der Waals surface area contributed by atoms with Crippen molar-refractivity contribution < 1.29 is 9.84 Å². The molecule has 2 rings (SSSR count). The third kappa shape index (κ3) is 3.47. The molecule has 86 valence electrons. The molecule has 0 amide bonds. The minimum Gasteiger partial charge on any atom is -0.393 e. The number of hydrogen-bond donors (Lipinski definition) is 1. The third-order valence-corrected chi connectivity index (χ3v) is 2.84. The molecule has 0 radical (unpaired) electrons. The van der Waals surface area contributed by atoms with Crippen molar-refractivity contribution in [3.63, 3.8) is 0 Å². The van der Waals surface area contributed by atoms with Crippen molar-refractivity contribution in [3.05, 3.63) is 48.0 Å². The molecule has 1 aliphatic carbocycles. The molecule has 1 N–H and O–H groups in total. The van der Waals surface area contributed by atoms with Gasteiger partial charge in [0.25, 0.3) is 0 Å². The molecule has 2 heteroatoms. The van der Waals surface area contributed by atoms with Crippen LogP contribution in [0.2, 0.25) is 0 Å². The first-order valence-electron chi connectivity index (χ1n) is 5.83. The molecule has 1 aromatic carbocycles. The van der Waals surface area contributed by atoms with Gasteiger partial charge in [-0.2, -0.15) is 0 Å². The van der Waals surface area contributed by atoms with Gasteiger partial charge in [0, 0.05) is 6.42 Å². The lowest BCUT2D eigenvalue weighted by atomic mass is 10.1. The second-order valence-electron chi connectivity index (χ2n) is 4.25. The first-order chi connectivity index (χ1) is 7.84. The van der Waals surface area contributed by atoms with Crippen molar-refractivity contribution in [1.29, 1.82) is 0 Å². The Kier molecular flexibility index (Phi) is 4.14. The molecule has 16 heavy (non-hydrogen) atoms. The quantitative estimate of drug-likeness (QED) is 0.790. The van der Waals surface area contributed by atoms with Gasteiger partial charge in [0.05, 0.1) is 18.8 Å². The van der Waals surface area contributed by atoms with Crippen LogP contribution in [-0.4, -0.2) is 17.3 Å². The summed E-state index contributed by atoms with van der Waals surface area (Å²) >= 11 is 0. The number of benzene rings is 1. The van der Waals surface area contributed by atoms with Gasteiger partial charge in [-0.3, -0.25) is 0 Å². The Morgan fingerprint density at radius 3 is 2.69 bits per heavy atom. The topological polar surface area (TPSA) is 29.5 Å². The van der Waals surface area contributed by atoms with E-state index in [0.717, 1.165) is 19.3 Å². The summed E-state index contributed by atoms with van der Waals surface area (Å²) < 4.78 is 5.81. The second-order valence-corrected chi connectivity index (χ2v) is 4.25. The average Bonchev–Trinajstić information content (AvgIpc) is 2.52. The minimum absolute atomic E-state index is 0.147. The third-order valence-electron chi connectivity index (χ3n) is 2.84. The van der Waals surface area contributed by atoms with Crippen LogP contribution in [0.4, 0.5) is 0 Å². The van der Waals surface area contributed by atoms with Crippen molar-refractivity contribution in [2.75, 3.05) is 0 Å². The molecule has 1 aliphatic rings. The zero-order valence-electron chi connectivity index (χ0n) is 9.38. The fraction of sp³-hybridized carbons (Fsp3) is 0.429. The largest absolute Gasteiger partial charge is 0.393 e. The molecule has 0 spiro atoms. The van der Waals surface area contributed by atoms with Crippen LogP contribution in [0.1, 0.15) is 24.8 Å².